The van der Waals surface area contributed by atoms with E-state index in [4.69, 9.17) is 0 Å². The van der Waals surface area contributed by atoms with Crippen LogP contribution in [-0.4, -0.2) is 27.6 Å². The lowest BCUT2D eigenvalue weighted by molar-refractivity contribution is -0.132. The molecule has 14 heavy (non-hydrogen) atoms. The highest BCUT2D eigenvalue weighted by molar-refractivity contribution is 7.95. The number of hydrogen-bond donors (Lipinski definition) is 0. The molecule has 0 radical (unpaired) electrons. The van der Waals surface area contributed by atoms with Crippen LogP contribution >= 0.6 is 0 Å². The summed E-state index contributed by atoms with van der Waals surface area (Å²) in [4.78, 5) is 22.8. The summed E-state index contributed by atoms with van der Waals surface area (Å²) < 4.78 is 1.55. The first-order valence-electron chi connectivity index (χ1n) is 4.82. The first kappa shape index (κ1) is 11.9. The fourth-order valence-corrected chi connectivity index (χ4v) is 4.25. The van der Waals surface area contributed by atoms with E-state index < -0.39 is 0 Å². The van der Waals surface area contributed by atoms with Crippen molar-refractivity contribution in [3.63, 3.8) is 0 Å². The maximum Gasteiger partial charge on any atom is 0.273 e. The monoisotopic (exact) mass is 235 g/mol. The van der Waals surface area contributed by atoms with E-state index in [1.807, 2.05) is 0 Å². The molecule has 5 heteroatoms. The first-order valence-corrected chi connectivity index (χ1v) is 6.34. The smallest absolute Gasteiger partial charge is 0.273 e. The molecule has 0 spiro atoms. The zero-order chi connectivity index (χ0) is 9.26. The molecule has 0 saturated carbocycles. The van der Waals surface area contributed by atoms with Crippen LogP contribution < -0.4 is 12.4 Å². The maximum atomic E-state index is 11.4. The third-order valence-electron chi connectivity index (χ3n) is 2.52. The molecule has 2 rings (SSSR count). The van der Waals surface area contributed by atoms with Crippen LogP contribution in [0.5, 0.6) is 0 Å². The first-order chi connectivity index (χ1) is 6.29. The van der Waals surface area contributed by atoms with Crippen LogP contribution in [0.15, 0.2) is 0 Å². The molecule has 2 heterocycles. The number of halogens is 1. The molecule has 0 unspecified atom stereocenters. The van der Waals surface area contributed by atoms with E-state index >= 15 is 0 Å². The molecule has 2 amide bonds. The standard InChI is InChI=1S/C9H14NO2S.ClH/c11-8-4-5-9(12)10(8)13-6-2-1-3-7-13;/h1-7H2;1H/q+1;/p-1. The van der Waals surface area contributed by atoms with Crippen LogP contribution in [-0.2, 0) is 20.7 Å². The van der Waals surface area contributed by atoms with Gasteiger partial charge in [0.25, 0.3) is 11.8 Å². The van der Waals surface area contributed by atoms with Crippen LogP contribution in [0.1, 0.15) is 32.1 Å². The molecule has 0 aromatic rings. The number of carbonyl (C=O) groups excluding carboxylic acids is 2. The number of rotatable bonds is 1. The van der Waals surface area contributed by atoms with Gasteiger partial charge >= 0.3 is 0 Å². The molecule has 0 aromatic heterocycles. The van der Waals surface area contributed by atoms with E-state index in [0.717, 1.165) is 11.5 Å². The van der Waals surface area contributed by atoms with Crippen molar-refractivity contribution in [3.05, 3.63) is 0 Å². The lowest BCUT2D eigenvalue weighted by atomic mass is 10.3. The largest absolute Gasteiger partial charge is 1.00 e. The molecular weight excluding hydrogens is 222 g/mol. The third-order valence-corrected chi connectivity index (χ3v) is 4.97. The molecule has 2 aliphatic rings. The van der Waals surface area contributed by atoms with Gasteiger partial charge in [0, 0.05) is 12.8 Å². The maximum absolute atomic E-state index is 11.4. The molecule has 80 valence electrons. The Morgan fingerprint density at radius 3 is 1.93 bits per heavy atom. The van der Waals surface area contributed by atoms with Crippen molar-refractivity contribution in [2.75, 3.05) is 11.5 Å². The van der Waals surface area contributed by atoms with Gasteiger partial charge in [-0.05, 0) is 19.3 Å². The van der Waals surface area contributed by atoms with Crippen LogP contribution in [0, 0.1) is 0 Å². The summed E-state index contributed by atoms with van der Waals surface area (Å²) in [6.45, 7) is 0. The van der Waals surface area contributed by atoms with Gasteiger partial charge in [0.2, 0.25) is 0 Å². The second-order valence-corrected chi connectivity index (χ2v) is 5.62. The van der Waals surface area contributed by atoms with Crippen molar-refractivity contribution < 1.29 is 22.0 Å². The van der Waals surface area contributed by atoms with Crippen molar-refractivity contribution in [3.8, 4) is 0 Å². The Balaban J connectivity index is 0.000000980. The minimum absolute atomic E-state index is 0. The number of amides is 2. The summed E-state index contributed by atoms with van der Waals surface area (Å²) in [6, 6.07) is 0. The lowest BCUT2D eigenvalue weighted by Gasteiger charge is -2.18. The normalized spacial score (nSPS) is 23.9. The van der Waals surface area contributed by atoms with E-state index in [1.54, 1.807) is 4.31 Å². The predicted molar refractivity (Wildman–Crippen MR) is 52.0 cm³/mol. The minimum Gasteiger partial charge on any atom is -1.00 e. The lowest BCUT2D eigenvalue weighted by Crippen LogP contribution is -3.00. The average Bonchev–Trinajstić information content (AvgIpc) is 2.48. The van der Waals surface area contributed by atoms with Gasteiger partial charge in [-0.25, -0.2) is 0 Å². The molecule has 3 nitrogen and oxygen atoms in total. The number of hydrogen-bond acceptors (Lipinski definition) is 2. The molecule has 2 fully saturated rings. The average molecular weight is 236 g/mol. The predicted octanol–water partition coefficient (Wildman–Crippen LogP) is -2.14. The van der Waals surface area contributed by atoms with Gasteiger partial charge < -0.3 is 12.4 Å². The Labute approximate surface area is 93.1 Å². The topological polar surface area (TPSA) is 37.4 Å². The second-order valence-electron chi connectivity index (χ2n) is 3.51. The van der Waals surface area contributed by atoms with Gasteiger partial charge in [-0.2, -0.15) is 0 Å². The van der Waals surface area contributed by atoms with Gasteiger partial charge in [-0.3, -0.25) is 9.59 Å². The van der Waals surface area contributed by atoms with Gasteiger partial charge in [-0.15, -0.1) is 0 Å². The Bertz CT molecular complexity index is 225. The van der Waals surface area contributed by atoms with Crippen LogP contribution in [0.4, 0.5) is 0 Å². The molecule has 0 atom stereocenters. The Morgan fingerprint density at radius 2 is 1.43 bits per heavy atom. The summed E-state index contributed by atoms with van der Waals surface area (Å²) >= 11 is -0.0459. The number of carbonyl (C=O) groups is 2. The SMILES string of the molecule is O=C1CCC(=O)N1[S+]1CCCCC1.[Cl-]. The molecule has 0 aromatic carbocycles. The number of nitrogens with zero attached hydrogens (tertiary/aromatic N) is 1. The second kappa shape index (κ2) is 5.03. The molecule has 2 aliphatic heterocycles. The van der Waals surface area contributed by atoms with Crippen LogP contribution in [0.25, 0.3) is 0 Å². The summed E-state index contributed by atoms with van der Waals surface area (Å²) in [6.07, 6.45) is 4.52. The van der Waals surface area contributed by atoms with Crippen molar-refractivity contribution in [1.29, 1.82) is 0 Å². The molecule has 0 aliphatic carbocycles. The third kappa shape index (κ3) is 2.23. The number of imide groups is 1. The highest BCUT2D eigenvalue weighted by Gasteiger charge is 2.43. The summed E-state index contributed by atoms with van der Waals surface area (Å²) in [7, 11) is 0. The van der Waals surface area contributed by atoms with Gasteiger partial charge in [0.15, 0.2) is 0 Å². The summed E-state index contributed by atoms with van der Waals surface area (Å²) in [5.74, 6) is 2.24. The zero-order valence-corrected chi connectivity index (χ0v) is 9.57. The van der Waals surface area contributed by atoms with Crippen molar-refractivity contribution in [1.82, 2.24) is 4.31 Å². The molecular formula is C9H14ClNO2S. The van der Waals surface area contributed by atoms with Gasteiger partial charge in [0.05, 0.1) is 0 Å². The summed E-state index contributed by atoms with van der Waals surface area (Å²) in [5.41, 5.74) is 0. The molecule has 0 bridgehead atoms. The van der Waals surface area contributed by atoms with Crippen molar-refractivity contribution in [2.24, 2.45) is 0 Å². The molecule has 2 saturated heterocycles. The Hall–Kier alpha value is -0.220. The van der Waals surface area contributed by atoms with E-state index in [9.17, 15) is 9.59 Å². The van der Waals surface area contributed by atoms with E-state index in [-0.39, 0.29) is 35.3 Å². The Kier molecular flexibility index (Phi) is 4.26. The molecule has 0 N–H and O–H groups in total. The fourth-order valence-electron chi connectivity index (χ4n) is 1.84. The van der Waals surface area contributed by atoms with E-state index in [2.05, 4.69) is 0 Å². The highest BCUT2D eigenvalue weighted by atomic mass is 35.5. The quantitative estimate of drug-likeness (QED) is 0.384. The fraction of sp³-hybridized carbons (Fsp3) is 0.778. The Morgan fingerprint density at radius 1 is 0.929 bits per heavy atom. The highest BCUT2D eigenvalue weighted by Crippen LogP contribution is 2.23. The van der Waals surface area contributed by atoms with Crippen LogP contribution in [0.3, 0.4) is 0 Å². The van der Waals surface area contributed by atoms with E-state index in [0.29, 0.717) is 12.8 Å². The summed E-state index contributed by atoms with van der Waals surface area (Å²) in [5, 5.41) is 0. The van der Waals surface area contributed by atoms with Crippen LogP contribution in [0.2, 0.25) is 0 Å². The van der Waals surface area contributed by atoms with Gasteiger partial charge in [-0.1, -0.05) is 4.31 Å². The van der Waals surface area contributed by atoms with Gasteiger partial charge in [0.1, 0.15) is 22.6 Å². The zero-order valence-electron chi connectivity index (χ0n) is 8.00. The minimum atomic E-state index is -0.0459. The van der Waals surface area contributed by atoms with E-state index in [1.165, 1.54) is 19.3 Å². The van der Waals surface area contributed by atoms with Crippen molar-refractivity contribution >= 4 is 22.9 Å². The van der Waals surface area contributed by atoms with Crippen molar-refractivity contribution in [2.45, 2.75) is 32.1 Å².